The third-order valence-electron chi connectivity index (χ3n) is 2.92. The summed E-state index contributed by atoms with van der Waals surface area (Å²) in [6, 6.07) is 0. The predicted octanol–water partition coefficient (Wildman–Crippen LogP) is 1.70. The highest BCUT2D eigenvalue weighted by Crippen LogP contribution is 2.16. The third-order valence-corrected chi connectivity index (χ3v) is 2.92. The Morgan fingerprint density at radius 2 is 1.95 bits per heavy atom. The summed E-state index contributed by atoms with van der Waals surface area (Å²) in [4.78, 5) is 17.0. The molecule has 2 heterocycles. The number of hydrogen-bond acceptors (Lipinski definition) is 6. The molecular formula is C12H19N7. The summed E-state index contributed by atoms with van der Waals surface area (Å²) < 4.78 is 1.74. The Kier molecular flexibility index (Phi) is 3.64. The fraction of sp³-hybridized carbons (Fsp3) is 0.500. The Labute approximate surface area is 112 Å². The normalized spacial score (nSPS) is 11.4. The second-order valence-corrected chi connectivity index (χ2v) is 4.87. The lowest BCUT2D eigenvalue weighted by atomic mass is 10.0. The average Bonchev–Trinajstić information content (AvgIpc) is 2.91. The average molecular weight is 261 g/mol. The summed E-state index contributed by atoms with van der Waals surface area (Å²) >= 11 is 0. The summed E-state index contributed by atoms with van der Waals surface area (Å²) in [7, 11) is 1.78. The summed E-state index contributed by atoms with van der Waals surface area (Å²) in [6.07, 6.45) is 6.10. The zero-order valence-corrected chi connectivity index (χ0v) is 11.7. The molecule has 0 radical (unpaired) electrons. The van der Waals surface area contributed by atoms with Gasteiger partial charge in [-0.3, -0.25) is 4.57 Å². The number of rotatable bonds is 5. The SMILES string of the molecule is CCC(C)(C)Nc1nc(NC)nc(-n2ccnc2)n1. The van der Waals surface area contributed by atoms with Crippen molar-refractivity contribution in [3.8, 4) is 5.95 Å². The van der Waals surface area contributed by atoms with Crippen LogP contribution in [-0.4, -0.2) is 37.1 Å². The summed E-state index contributed by atoms with van der Waals surface area (Å²) in [6.45, 7) is 6.32. The lowest BCUT2D eigenvalue weighted by Crippen LogP contribution is -2.31. The fourth-order valence-corrected chi connectivity index (χ4v) is 1.42. The highest BCUT2D eigenvalue weighted by molar-refractivity contribution is 5.39. The first-order valence-corrected chi connectivity index (χ1v) is 6.24. The van der Waals surface area contributed by atoms with Crippen molar-refractivity contribution in [2.75, 3.05) is 17.7 Å². The van der Waals surface area contributed by atoms with E-state index in [4.69, 9.17) is 0 Å². The lowest BCUT2D eigenvalue weighted by molar-refractivity contribution is 0.541. The topological polar surface area (TPSA) is 80.5 Å². The Morgan fingerprint density at radius 1 is 1.21 bits per heavy atom. The molecule has 0 bridgehead atoms. The second kappa shape index (κ2) is 5.21. The molecule has 2 aromatic rings. The van der Waals surface area contributed by atoms with E-state index in [9.17, 15) is 0 Å². The Balaban J connectivity index is 2.37. The quantitative estimate of drug-likeness (QED) is 0.852. The largest absolute Gasteiger partial charge is 0.357 e. The molecule has 0 aliphatic rings. The van der Waals surface area contributed by atoms with Crippen molar-refractivity contribution in [2.24, 2.45) is 0 Å². The van der Waals surface area contributed by atoms with Crippen molar-refractivity contribution in [2.45, 2.75) is 32.7 Å². The van der Waals surface area contributed by atoms with Crippen LogP contribution in [0.5, 0.6) is 0 Å². The summed E-state index contributed by atoms with van der Waals surface area (Å²) in [5, 5.41) is 6.25. The van der Waals surface area contributed by atoms with E-state index in [0.717, 1.165) is 6.42 Å². The smallest absolute Gasteiger partial charge is 0.241 e. The highest BCUT2D eigenvalue weighted by atomic mass is 15.3. The van der Waals surface area contributed by atoms with Crippen LogP contribution in [0.25, 0.3) is 5.95 Å². The van der Waals surface area contributed by atoms with Gasteiger partial charge in [-0.2, -0.15) is 15.0 Å². The number of imidazole rings is 1. The molecule has 0 saturated heterocycles. The van der Waals surface area contributed by atoms with Gasteiger partial charge in [-0.25, -0.2) is 4.98 Å². The van der Waals surface area contributed by atoms with Crippen molar-refractivity contribution in [1.29, 1.82) is 0 Å². The van der Waals surface area contributed by atoms with Crippen LogP contribution in [-0.2, 0) is 0 Å². The summed E-state index contributed by atoms with van der Waals surface area (Å²) in [5.41, 5.74) is -0.0709. The maximum absolute atomic E-state index is 4.41. The molecule has 0 fully saturated rings. The predicted molar refractivity (Wildman–Crippen MR) is 74.5 cm³/mol. The number of nitrogens with one attached hydrogen (secondary N) is 2. The standard InChI is InChI=1S/C12H19N7/c1-5-12(2,3)18-10-15-9(13-4)16-11(17-10)19-7-6-14-8-19/h6-8H,5H2,1-4H3,(H2,13,15,16,17,18). The van der Waals surface area contributed by atoms with Crippen LogP contribution in [0.3, 0.4) is 0 Å². The molecule has 2 aromatic heterocycles. The first kappa shape index (κ1) is 13.3. The molecule has 0 unspecified atom stereocenters. The molecule has 0 atom stereocenters. The van der Waals surface area contributed by atoms with E-state index in [0.29, 0.717) is 17.8 Å². The van der Waals surface area contributed by atoms with E-state index in [2.05, 4.69) is 51.3 Å². The molecule has 7 heteroatoms. The highest BCUT2D eigenvalue weighted by Gasteiger charge is 2.17. The molecule has 19 heavy (non-hydrogen) atoms. The summed E-state index contributed by atoms with van der Waals surface area (Å²) in [5.74, 6) is 1.61. The maximum atomic E-state index is 4.41. The van der Waals surface area contributed by atoms with E-state index in [1.807, 2.05) is 0 Å². The van der Waals surface area contributed by atoms with Gasteiger partial charge in [-0.05, 0) is 20.3 Å². The molecular weight excluding hydrogens is 242 g/mol. The molecule has 2 N–H and O–H groups in total. The first-order chi connectivity index (χ1) is 9.04. The van der Waals surface area contributed by atoms with Gasteiger partial charge in [0.2, 0.25) is 17.8 Å². The molecule has 0 aliphatic heterocycles. The van der Waals surface area contributed by atoms with Gasteiger partial charge < -0.3 is 10.6 Å². The molecule has 0 aliphatic carbocycles. The van der Waals surface area contributed by atoms with Gasteiger partial charge in [0.1, 0.15) is 6.33 Å². The molecule has 0 aromatic carbocycles. The minimum absolute atomic E-state index is 0.0709. The van der Waals surface area contributed by atoms with Crippen LogP contribution >= 0.6 is 0 Å². The van der Waals surface area contributed by atoms with Crippen molar-refractivity contribution in [1.82, 2.24) is 24.5 Å². The van der Waals surface area contributed by atoms with Gasteiger partial charge in [0.15, 0.2) is 0 Å². The monoisotopic (exact) mass is 261 g/mol. The van der Waals surface area contributed by atoms with Gasteiger partial charge in [0.05, 0.1) is 0 Å². The lowest BCUT2D eigenvalue weighted by Gasteiger charge is -2.24. The van der Waals surface area contributed by atoms with Crippen LogP contribution in [0.4, 0.5) is 11.9 Å². The van der Waals surface area contributed by atoms with Crippen LogP contribution in [0.15, 0.2) is 18.7 Å². The van der Waals surface area contributed by atoms with Crippen LogP contribution in [0.1, 0.15) is 27.2 Å². The molecule has 2 rings (SSSR count). The number of hydrogen-bond donors (Lipinski definition) is 2. The van der Waals surface area contributed by atoms with E-state index in [-0.39, 0.29) is 5.54 Å². The fourth-order valence-electron chi connectivity index (χ4n) is 1.42. The number of aromatic nitrogens is 5. The van der Waals surface area contributed by atoms with Gasteiger partial charge >= 0.3 is 0 Å². The van der Waals surface area contributed by atoms with Gasteiger partial charge in [-0.15, -0.1) is 0 Å². The zero-order valence-electron chi connectivity index (χ0n) is 11.7. The minimum Gasteiger partial charge on any atom is -0.357 e. The van der Waals surface area contributed by atoms with Crippen LogP contribution < -0.4 is 10.6 Å². The Morgan fingerprint density at radius 3 is 2.53 bits per heavy atom. The molecule has 0 spiro atoms. The van der Waals surface area contributed by atoms with Crippen molar-refractivity contribution in [3.63, 3.8) is 0 Å². The maximum Gasteiger partial charge on any atom is 0.241 e. The van der Waals surface area contributed by atoms with Crippen molar-refractivity contribution in [3.05, 3.63) is 18.7 Å². The van der Waals surface area contributed by atoms with Crippen molar-refractivity contribution >= 4 is 11.9 Å². The molecule has 102 valence electrons. The Hall–Kier alpha value is -2.18. The molecule has 7 nitrogen and oxygen atoms in total. The van der Waals surface area contributed by atoms with Gasteiger partial charge in [-0.1, -0.05) is 6.92 Å². The van der Waals surface area contributed by atoms with Gasteiger partial charge in [0, 0.05) is 25.0 Å². The third kappa shape index (κ3) is 3.18. The zero-order chi connectivity index (χ0) is 13.9. The van der Waals surface area contributed by atoms with E-state index in [1.165, 1.54) is 0 Å². The molecule has 0 saturated carbocycles. The van der Waals surface area contributed by atoms with E-state index < -0.39 is 0 Å². The number of nitrogens with zero attached hydrogens (tertiary/aromatic N) is 5. The second-order valence-electron chi connectivity index (χ2n) is 4.87. The molecule has 0 amide bonds. The van der Waals surface area contributed by atoms with Crippen LogP contribution in [0.2, 0.25) is 0 Å². The number of anilines is 2. The Bertz CT molecular complexity index is 533. The van der Waals surface area contributed by atoms with Crippen molar-refractivity contribution < 1.29 is 0 Å². The first-order valence-electron chi connectivity index (χ1n) is 6.24. The van der Waals surface area contributed by atoms with E-state index in [1.54, 1.807) is 30.3 Å². The van der Waals surface area contributed by atoms with Gasteiger partial charge in [0.25, 0.3) is 0 Å². The van der Waals surface area contributed by atoms with E-state index >= 15 is 0 Å². The minimum atomic E-state index is -0.0709. The van der Waals surface area contributed by atoms with Crippen LogP contribution in [0, 0.1) is 0 Å².